The Balaban J connectivity index is 1.59. The lowest BCUT2D eigenvalue weighted by atomic mass is 10.1. The van der Waals surface area contributed by atoms with Crippen LogP contribution in [-0.2, 0) is 11.3 Å². The molecule has 1 aliphatic rings. The number of rotatable bonds is 5. The first kappa shape index (κ1) is 21.3. The summed E-state index contributed by atoms with van der Waals surface area (Å²) >= 11 is 5.41. The van der Waals surface area contributed by atoms with E-state index in [-0.39, 0.29) is 16.2 Å². The summed E-state index contributed by atoms with van der Waals surface area (Å²) in [6.07, 6.45) is 3.67. The zero-order valence-electron chi connectivity index (χ0n) is 18.0. The number of aromatic nitrogens is 2. The summed E-state index contributed by atoms with van der Waals surface area (Å²) in [7, 11) is 1.78. The van der Waals surface area contributed by atoms with Crippen LogP contribution in [0.2, 0.25) is 0 Å². The van der Waals surface area contributed by atoms with Gasteiger partial charge < -0.3 is 14.8 Å². The van der Waals surface area contributed by atoms with Crippen molar-refractivity contribution in [2.75, 3.05) is 25.0 Å². The molecule has 1 N–H and O–H groups in total. The number of anilines is 1. The predicted molar refractivity (Wildman–Crippen MR) is 127 cm³/mol. The number of nitrogens with one attached hydrogen (secondary N) is 1. The Morgan fingerprint density at radius 2 is 1.77 bits per heavy atom. The van der Waals surface area contributed by atoms with Crippen LogP contribution in [0.5, 0.6) is 0 Å². The van der Waals surface area contributed by atoms with Crippen LogP contribution in [0.4, 0.5) is 5.69 Å². The fourth-order valence-corrected chi connectivity index (χ4v) is 4.73. The number of piperidine rings is 1. The summed E-state index contributed by atoms with van der Waals surface area (Å²) in [4.78, 5) is 33.5. The van der Waals surface area contributed by atoms with Gasteiger partial charge >= 0.3 is 0 Å². The van der Waals surface area contributed by atoms with Gasteiger partial charge in [-0.05, 0) is 62.2 Å². The zero-order chi connectivity index (χ0) is 22.0. The van der Waals surface area contributed by atoms with Crippen LogP contribution in [0.25, 0.3) is 10.9 Å². The lowest BCUT2D eigenvalue weighted by molar-refractivity contribution is -0.133. The summed E-state index contributed by atoms with van der Waals surface area (Å²) in [6, 6.07) is 14.8. The van der Waals surface area contributed by atoms with Crippen LogP contribution in [0.15, 0.2) is 53.3 Å². The van der Waals surface area contributed by atoms with E-state index in [0.29, 0.717) is 17.4 Å². The number of fused-ring (bicyclic) bond motifs is 1. The van der Waals surface area contributed by atoms with Crippen LogP contribution in [0.1, 0.15) is 37.8 Å². The van der Waals surface area contributed by atoms with Gasteiger partial charge in [0.2, 0.25) is 5.91 Å². The van der Waals surface area contributed by atoms with Crippen LogP contribution in [0, 0.1) is 4.77 Å². The number of carbonyl (C=O) groups excluding carboxylic acids is 1. The Bertz CT molecular complexity index is 1210. The van der Waals surface area contributed by atoms with Gasteiger partial charge in [0.25, 0.3) is 5.56 Å². The van der Waals surface area contributed by atoms with Gasteiger partial charge in [-0.2, -0.15) is 0 Å². The third-order valence-corrected chi connectivity index (χ3v) is 6.35. The molecule has 1 atom stereocenters. The number of para-hydroxylation sites is 2. The van der Waals surface area contributed by atoms with Gasteiger partial charge in [-0.25, -0.2) is 0 Å². The number of benzene rings is 2. The summed E-state index contributed by atoms with van der Waals surface area (Å²) in [6.45, 7) is 4.31. The van der Waals surface area contributed by atoms with Crippen molar-refractivity contribution in [3.63, 3.8) is 0 Å². The molecule has 0 bridgehead atoms. The summed E-state index contributed by atoms with van der Waals surface area (Å²) < 4.78 is 1.64. The van der Waals surface area contributed by atoms with Crippen molar-refractivity contribution < 1.29 is 4.79 Å². The van der Waals surface area contributed by atoms with Crippen molar-refractivity contribution >= 4 is 34.7 Å². The molecule has 2 heterocycles. The first-order valence-electron chi connectivity index (χ1n) is 10.8. The minimum atomic E-state index is -0.701. The molecule has 1 amide bonds. The first-order chi connectivity index (χ1) is 15.0. The molecule has 1 saturated heterocycles. The second-order valence-corrected chi connectivity index (χ2v) is 8.58. The molecule has 1 fully saturated rings. The summed E-state index contributed by atoms with van der Waals surface area (Å²) in [5.41, 5.74) is 2.73. The topological polar surface area (TPSA) is 61.3 Å². The van der Waals surface area contributed by atoms with Gasteiger partial charge in [0.1, 0.15) is 6.04 Å². The van der Waals surface area contributed by atoms with E-state index in [9.17, 15) is 9.59 Å². The fourth-order valence-electron chi connectivity index (χ4n) is 4.38. The van der Waals surface area contributed by atoms with Crippen molar-refractivity contribution in [1.82, 2.24) is 14.5 Å². The number of hydrogen-bond acceptors (Lipinski definition) is 4. The number of aromatic amines is 1. The first-order valence-corrected chi connectivity index (χ1v) is 11.2. The van der Waals surface area contributed by atoms with E-state index in [1.165, 1.54) is 29.5 Å². The number of carbonyl (C=O) groups is 1. The monoisotopic (exact) mass is 436 g/mol. The Morgan fingerprint density at radius 1 is 1.10 bits per heavy atom. The summed E-state index contributed by atoms with van der Waals surface area (Å²) in [5, 5.41) is 0.522. The molecule has 6 nitrogen and oxygen atoms in total. The number of likely N-dealkylation sites (N-methyl/N-ethyl adjacent to an activating group) is 1. The van der Waals surface area contributed by atoms with Gasteiger partial charge in [-0.15, -0.1) is 0 Å². The van der Waals surface area contributed by atoms with Crippen LogP contribution in [-0.4, -0.2) is 40.5 Å². The number of hydrogen-bond donors (Lipinski definition) is 1. The minimum absolute atomic E-state index is 0.148. The molecule has 4 rings (SSSR count). The maximum Gasteiger partial charge on any atom is 0.262 e. The van der Waals surface area contributed by atoms with Crippen LogP contribution < -0.4 is 10.5 Å². The van der Waals surface area contributed by atoms with E-state index >= 15 is 0 Å². The van der Waals surface area contributed by atoms with E-state index < -0.39 is 6.04 Å². The van der Waals surface area contributed by atoms with Crippen molar-refractivity contribution in [3.05, 3.63) is 69.2 Å². The highest BCUT2D eigenvalue weighted by molar-refractivity contribution is 7.71. The molecule has 2 aromatic carbocycles. The molecule has 1 aromatic heterocycles. The van der Waals surface area contributed by atoms with Crippen molar-refractivity contribution in [1.29, 1.82) is 0 Å². The molecule has 3 aromatic rings. The molecular formula is C24H28N4O2S. The van der Waals surface area contributed by atoms with Crippen LogP contribution in [0.3, 0.4) is 0 Å². The van der Waals surface area contributed by atoms with Gasteiger partial charge in [0.15, 0.2) is 4.77 Å². The number of nitrogens with zero attached hydrogens (tertiary/aromatic N) is 3. The Kier molecular flexibility index (Phi) is 6.23. The molecule has 0 saturated carbocycles. The molecule has 0 spiro atoms. The molecule has 1 aliphatic heterocycles. The smallest absolute Gasteiger partial charge is 0.262 e. The van der Waals surface area contributed by atoms with E-state index in [1.54, 1.807) is 31.0 Å². The molecule has 0 aliphatic carbocycles. The Labute approximate surface area is 187 Å². The minimum Gasteiger partial charge on any atom is -0.371 e. The van der Waals surface area contributed by atoms with E-state index in [4.69, 9.17) is 12.2 Å². The van der Waals surface area contributed by atoms with E-state index in [1.807, 2.05) is 24.3 Å². The average molecular weight is 437 g/mol. The van der Waals surface area contributed by atoms with E-state index in [2.05, 4.69) is 22.0 Å². The van der Waals surface area contributed by atoms with Gasteiger partial charge in [-0.1, -0.05) is 30.3 Å². The lowest BCUT2D eigenvalue weighted by Crippen LogP contribution is -2.38. The van der Waals surface area contributed by atoms with Crippen molar-refractivity contribution in [2.45, 2.75) is 38.8 Å². The highest BCUT2D eigenvalue weighted by Crippen LogP contribution is 2.25. The molecular weight excluding hydrogens is 408 g/mol. The SMILES string of the molecule is C[C@@H](C(=O)N(C)Cc1ccccc1N1CCCCC1)n1c(=S)[nH]c2ccccc2c1=O. The second kappa shape index (κ2) is 9.06. The number of amides is 1. The predicted octanol–water partition coefficient (Wildman–Crippen LogP) is 4.27. The highest BCUT2D eigenvalue weighted by Gasteiger charge is 2.23. The van der Waals surface area contributed by atoms with Gasteiger partial charge in [-0.3, -0.25) is 14.2 Å². The third kappa shape index (κ3) is 4.28. The highest BCUT2D eigenvalue weighted by atomic mass is 32.1. The largest absolute Gasteiger partial charge is 0.371 e. The fraction of sp³-hybridized carbons (Fsp3) is 0.375. The maximum absolute atomic E-state index is 13.3. The maximum atomic E-state index is 13.3. The van der Waals surface area contributed by atoms with E-state index in [0.717, 1.165) is 18.7 Å². The Hall–Kier alpha value is -2.93. The van der Waals surface area contributed by atoms with Crippen molar-refractivity contribution in [3.8, 4) is 0 Å². The molecule has 162 valence electrons. The van der Waals surface area contributed by atoms with Gasteiger partial charge in [0, 0.05) is 32.4 Å². The quantitative estimate of drug-likeness (QED) is 0.607. The lowest BCUT2D eigenvalue weighted by Gasteiger charge is -2.32. The summed E-state index contributed by atoms with van der Waals surface area (Å²) in [5.74, 6) is -0.148. The third-order valence-electron chi connectivity index (χ3n) is 6.05. The zero-order valence-corrected chi connectivity index (χ0v) is 18.8. The number of H-pyrrole nitrogens is 1. The molecule has 31 heavy (non-hydrogen) atoms. The normalized spacial score (nSPS) is 15.1. The standard InChI is InChI=1S/C24H28N4O2S/c1-17(28-23(30)19-11-5-6-12-20(19)25-24(28)31)22(29)26(2)16-18-10-4-7-13-21(18)27-14-8-3-9-15-27/h4-7,10-13,17H,3,8-9,14-16H2,1-2H3,(H,25,31)/t17-/m0/s1. The molecule has 0 unspecified atom stereocenters. The van der Waals surface area contributed by atoms with Crippen LogP contribution >= 0.6 is 12.2 Å². The van der Waals surface area contributed by atoms with Crippen molar-refractivity contribution in [2.24, 2.45) is 0 Å². The average Bonchev–Trinajstić information content (AvgIpc) is 2.79. The molecule has 0 radical (unpaired) electrons. The molecule has 7 heteroatoms. The Morgan fingerprint density at radius 3 is 2.55 bits per heavy atom. The second-order valence-electron chi connectivity index (χ2n) is 8.20. The van der Waals surface area contributed by atoms with Gasteiger partial charge in [0.05, 0.1) is 10.9 Å².